The van der Waals surface area contributed by atoms with Crippen LogP contribution in [0.1, 0.15) is 104 Å². The molecule has 0 bridgehead atoms. The minimum absolute atomic E-state index is 0.0330. The molecule has 1 aliphatic rings. The highest BCUT2D eigenvalue weighted by Crippen LogP contribution is 2.26. The van der Waals surface area contributed by atoms with Gasteiger partial charge in [0.2, 0.25) is 0 Å². The number of ether oxygens (including phenoxy) is 1. The first kappa shape index (κ1) is 23.2. The lowest BCUT2D eigenvalue weighted by Crippen LogP contribution is -2.18. The second kappa shape index (κ2) is 15.2. The smallest absolute Gasteiger partial charge is 0.306 e. The summed E-state index contributed by atoms with van der Waals surface area (Å²) in [7, 11) is 0. The van der Waals surface area contributed by atoms with Gasteiger partial charge in [0.15, 0.2) is 0 Å². The number of allylic oxidation sites excluding steroid dienone is 1. The van der Waals surface area contributed by atoms with E-state index in [9.17, 15) is 4.79 Å². The molecule has 0 spiro atoms. The number of aliphatic hydroxyl groups excluding tert-OH is 1. The number of esters is 1. The van der Waals surface area contributed by atoms with Gasteiger partial charge in [-0.15, -0.1) is 0 Å². The van der Waals surface area contributed by atoms with Crippen molar-refractivity contribution in [2.45, 2.75) is 110 Å². The van der Waals surface area contributed by atoms with Gasteiger partial charge in [0.1, 0.15) is 6.10 Å². The van der Waals surface area contributed by atoms with Crippen LogP contribution in [-0.2, 0) is 9.53 Å². The fourth-order valence-electron chi connectivity index (χ4n) is 3.83. The number of hydrogen-bond acceptors (Lipinski definition) is 3. The average Bonchev–Trinajstić information content (AvgIpc) is 2.63. The Bertz CT molecular complexity index is 378. The predicted molar refractivity (Wildman–Crippen MR) is 109 cm³/mol. The van der Waals surface area contributed by atoms with Crippen LogP contribution in [0.4, 0.5) is 0 Å². The van der Waals surface area contributed by atoms with Crippen LogP contribution in [0.3, 0.4) is 0 Å². The monoisotopic (exact) mass is 366 g/mol. The molecule has 3 nitrogen and oxygen atoms in total. The largest absolute Gasteiger partial charge is 0.458 e. The molecule has 1 heterocycles. The molecule has 1 fully saturated rings. The van der Waals surface area contributed by atoms with E-state index in [0.717, 1.165) is 44.9 Å². The van der Waals surface area contributed by atoms with Crippen LogP contribution in [0.25, 0.3) is 0 Å². The van der Waals surface area contributed by atoms with Crippen molar-refractivity contribution in [2.24, 2.45) is 11.8 Å². The van der Waals surface area contributed by atoms with Gasteiger partial charge in [-0.1, -0.05) is 71.3 Å². The number of unbranched alkanes of at least 4 members (excludes halogenated alkanes) is 3. The molecule has 0 aromatic heterocycles. The van der Waals surface area contributed by atoms with Crippen molar-refractivity contribution >= 4 is 5.97 Å². The van der Waals surface area contributed by atoms with E-state index in [1.807, 2.05) is 0 Å². The van der Waals surface area contributed by atoms with E-state index in [-0.39, 0.29) is 18.7 Å². The maximum absolute atomic E-state index is 12.0. The van der Waals surface area contributed by atoms with Crippen molar-refractivity contribution in [3.05, 3.63) is 12.2 Å². The van der Waals surface area contributed by atoms with Crippen molar-refractivity contribution in [3.63, 3.8) is 0 Å². The van der Waals surface area contributed by atoms with E-state index in [0.29, 0.717) is 18.3 Å². The molecule has 1 rings (SSSR count). The Hall–Kier alpha value is -0.830. The first-order valence-corrected chi connectivity index (χ1v) is 11.2. The van der Waals surface area contributed by atoms with Crippen LogP contribution in [0.15, 0.2) is 12.2 Å². The Kier molecular flexibility index (Phi) is 13.6. The van der Waals surface area contributed by atoms with Gasteiger partial charge in [-0.3, -0.25) is 4.79 Å². The minimum Gasteiger partial charge on any atom is -0.458 e. The third-order valence-electron chi connectivity index (χ3n) is 5.66. The summed E-state index contributed by atoms with van der Waals surface area (Å²) in [4.78, 5) is 12.0. The fraction of sp³-hybridized carbons (Fsp3) is 0.870. The Morgan fingerprint density at radius 1 is 1.08 bits per heavy atom. The van der Waals surface area contributed by atoms with Gasteiger partial charge in [0.05, 0.1) is 0 Å². The highest BCUT2D eigenvalue weighted by Gasteiger charge is 2.17. The van der Waals surface area contributed by atoms with E-state index in [4.69, 9.17) is 9.84 Å². The van der Waals surface area contributed by atoms with E-state index < -0.39 is 0 Å². The normalized spacial score (nSPS) is 22.1. The van der Waals surface area contributed by atoms with E-state index in [1.165, 1.54) is 38.5 Å². The summed E-state index contributed by atoms with van der Waals surface area (Å²) in [6, 6.07) is 0. The molecule has 26 heavy (non-hydrogen) atoms. The third-order valence-corrected chi connectivity index (χ3v) is 5.66. The third kappa shape index (κ3) is 11.0. The Morgan fingerprint density at radius 3 is 2.58 bits per heavy atom. The van der Waals surface area contributed by atoms with Crippen molar-refractivity contribution in [1.29, 1.82) is 0 Å². The number of carbonyl (C=O) groups is 1. The zero-order valence-corrected chi connectivity index (χ0v) is 17.3. The molecule has 1 saturated heterocycles. The van der Waals surface area contributed by atoms with Crippen LogP contribution in [0.2, 0.25) is 0 Å². The first-order valence-electron chi connectivity index (χ1n) is 11.2. The number of rotatable bonds is 11. The molecule has 0 aromatic rings. The molecule has 1 aliphatic heterocycles. The number of hydrogen-bond donors (Lipinski definition) is 1. The van der Waals surface area contributed by atoms with Crippen molar-refractivity contribution in [1.82, 2.24) is 0 Å². The molecule has 3 heteroatoms. The van der Waals surface area contributed by atoms with E-state index >= 15 is 0 Å². The first-order chi connectivity index (χ1) is 12.7. The van der Waals surface area contributed by atoms with Crippen LogP contribution >= 0.6 is 0 Å². The van der Waals surface area contributed by atoms with Gasteiger partial charge in [-0.2, -0.15) is 0 Å². The lowest BCUT2D eigenvalue weighted by atomic mass is 9.85. The van der Waals surface area contributed by atoms with Crippen LogP contribution in [-0.4, -0.2) is 23.8 Å². The molecular weight excluding hydrogens is 324 g/mol. The highest BCUT2D eigenvalue weighted by molar-refractivity contribution is 5.69. The Balaban J connectivity index is 2.62. The Morgan fingerprint density at radius 2 is 1.81 bits per heavy atom. The topological polar surface area (TPSA) is 46.5 Å². The fourth-order valence-corrected chi connectivity index (χ4v) is 3.83. The second-order valence-electron chi connectivity index (χ2n) is 8.08. The molecular formula is C23H42O3. The van der Waals surface area contributed by atoms with Crippen LogP contribution in [0, 0.1) is 11.8 Å². The summed E-state index contributed by atoms with van der Waals surface area (Å²) in [5.74, 6) is 1.13. The minimum atomic E-state index is -0.0521. The SMILES string of the molecule is CCCCCC(C)C(/C=C/C1CCCCCCCC(=O)O1)CCCCO. The molecule has 3 atom stereocenters. The van der Waals surface area contributed by atoms with Crippen molar-refractivity contribution in [2.75, 3.05) is 6.61 Å². The maximum atomic E-state index is 12.0. The quantitative estimate of drug-likeness (QED) is 0.269. The average molecular weight is 367 g/mol. The summed E-state index contributed by atoms with van der Waals surface area (Å²) in [5.41, 5.74) is 0. The van der Waals surface area contributed by atoms with Gasteiger partial charge < -0.3 is 9.84 Å². The second-order valence-corrected chi connectivity index (χ2v) is 8.08. The molecule has 1 N–H and O–H groups in total. The zero-order chi connectivity index (χ0) is 19.0. The van der Waals surface area contributed by atoms with Gasteiger partial charge >= 0.3 is 5.97 Å². The van der Waals surface area contributed by atoms with E-state index in [1.54, 1.807) is 0 Å². The summed E-state index contributed by atoms with van der Waals surface area (Å²) in [6.45, 7) is 4.88. The lowest BCUT2D eigenvalue weighted by molar-refractivity contribution is -0.147. The molecule has 0 radical (unpaired) electrons. The van der Waals surface area contributed by atoms with Gasteiger partial charge in [-0.05, 0) is 50.0 Å². The number of carbonyl (C=O) groups excluding carboxylic acids is 1. The van der Waals surface area contributed by atoms with E-state index in [2.05, 4.69) is 26.0 Å². The maximum Gasteiger partial charge on any atom is 0.306 e. The highest BCUT2D eigenvalue weighted by atomic mass is 16.5. The Labute approximate surface area is 161 Å². The molecule has 0 aliphatic carbocycles. The lowest BCUT2D eigenvalue weighted by Gasteiger charge is -2.22. The van der Waals surface area contributed by atoms with Crippen LogP contribution in [0.5, 0.6) is 0 Å². The van der Waals surface area contributed by atoms with Gasteiger partial charge in [0.25, 0.3) is 0 Å². The van der Waals surface area contributed by atoms with Crippen molar-refractivity contribution in [3.8, 4) is 0 Å². The van der Waals surface area contributed by atoms with Crippen LogP contribution < -0.4 is 0 Å². The molecule has 0 aromatic carbocycles. The molecule has 3 unspecified atom stereocenters. The zero-order valence-electron chi connectivity index (χ0n) is 17.3. The number of aliphatic hydroxyl groups is 1. The summed E-state index contributed by atoms with van der Waals surface area (Å²) < 4.78 is 5.72. The molecule has 0 saturated carbocycles. The molecule has 152 valence electrons. The summed E-state index contributed by atoms with van der Waals surface area (Å²) in [6.07, 6.45) is 19.9. The summed E-state index contributed by atoms with van der Waals surface area (Å²) >= 11 is 0. The van der Waals surface area contributed by atoms with Gasteiger partial charge in [-0.25, -0.2) is 0 Å². The standard InChI is InChI=1S/C23H42O3/c1-3-4-8-13-20(2)21(14-11-12-19-24)17-18-22-15-9-6-5-7-10-16-23(25)26-22/h17-18,20-22,24H,3-16,19H2,1-2H3/b18-17+. The summed E-state index contributed by atoms with van der Waals surface area (Å²) in [5, 5.41) is 9.09. The van der Waals surface area contributed by atoms with Gasteiger partial charge in [0, 0.05) is 13.0 Å². The molecule has 0 amide bonds. The predicted octanol–water partition coefficient (Wildman–Crippen LogP) is 6.19. The van der Waals surface area contributed by atoms with Crippen molar-refractivity contribution < 1.29 is 14.6 Å². The number of cyclic esters (lactones) is 1.